The second kappa shape index (κ2) is 8.09. The van der Waals surface area contributed by atoms with Gasteiger partial charge in [-0.15, -0.1) is 0 Å². The van der Waals surface area contributed by atoms with Crippen molar-refractivity contribution in [3.63, 3.8) is 0 Å². The molecule has 4 nitrogen and oxygen atoms in total. The van der Waals surface area contributed by atoms with Gasteiger partial charge >= 0.3 is 0 Å². The molecule has 0 aliphatic carbocycles. The summed E-state index contributed by atoms with van der Waals surface area (Å²) in [6.45, 7) is 7.13. The zero-order chi connectivity index (χ0) is 16.0. The van der Waals surface area contributed by atoms with Gasteiger partial charge in [-0.3, -0.25) is 4.90 Å². The molecule has 1 aliphatic heterocycles. The quantitative estimate of drug-likeness (QED) is 0.773. The number of rotatable bonds is 7. The van der Waals surface area contributed by atoms with Gasteiger partial charge in [-0.1, -0.05) is 37.3 Å². The van der Waals surface area contributed by atoms with Crippen LogP contribution < -0.4 is 0 Å². The fraction of sp³-hybridized carbons (Fsp3) is 0.647. The zero-order valence-electron chi connectivity index (χ0n) is 13.7. The summed E-state index contributed by atoms with van der Waals surface area (Å²) in [5.74, 6) is 0.274. The van der Waals surface area contributed by atoms with Gasteiger partial charge in [-0.25, -0.2) is 8.42 Å². The lowest BCUT2D eigenvalue weighted by Crippen LogP contribution is -2.51. The Labute approximate surface area is 135 Å². The predicted molar refractivity (Wildman–Crippen MR) is 91.4 cm³/mol. The second-order valence-corrected chi connectivity index (χ2v) is 8.21. The topological polar surface area (TPSA) is 40.6 Å². The molecule has 0 radical (unpaired) electrons. The summed E-state index contributed by atoms with van der Waals surface area (Å²) in [5.41, 5.74) is 1.37. The van der Waals surface area contributed by atoms with Gasteiger partial charge in [-0.05, 0) is 31.7 Å². The van der Waals surface area contributed by atoms with Gasteiger partial charge in [-0.2, -0.15) is 4.31 Å². The van der Waals surface area contributed by atoms with Gasteiger partial charge in [0.25, 0.3) is 0 Å². The molecule has 1 aromatic rings. The SMILES string of the molecule is CCCS(=O)(=O)N1CCN([C@H](C)CCc2ccccc2)CC1. The van der Waals surface area contributed by atoms with Crippen LogP contribution in [0.4, 0.5) is 0 Å². The first-order chi connectivity index (χ1) is 10.5. The number of sulfonamides is 1. The smallest absolute Gasteiger partial charge is 0.214 e. The first kappa shape index (κ1) is 17.4. The average molecular weight is 324 g/mol. The van der Waals surface area contributed by atoms with E-state index in [1.54, 1.807) is 4.31 Å². The molecule has 1 fully saturated rings. The van der Waals surface area contributed by atoms with Gasteiger partial charge in [0.15, 0.2) is 0 Å². The minimum absolute atomic E-state index is 0.274. The van der Waals surface area contributed by atoms with E-state index in [0.717, 1.165) is 25.9 Å². The normalized spacial score (nSPS) is 19.2. The Balaban J connectivity index is 1.79. The van der Waals surface area contributed by atoms with Crippen molar-refractivity contribution >= 4 is 10.0 Å². The van der Waals surface area contributed by atoms with Crippen LogP contribution in [0.15, 0.2) is 30.3 Å². The van der Waals surface area contributed by atoms with E-state index in [4.69, 9.17) is 0 Å². The van der Waals surface area contributed by atoms with E-state index >= 15 is 0 Å². The summed E-state index contributed by atoms with van der Waals surface area (Å²) in [5, 5.41) is 0. The lowest BCUT2D eigenvalue weighted by molar-refractivity contribution is 0.140. The van der Waals surface area contributed by atoms with E-state index in [9.17, 15) is 8.42 Å². The van der Waals surface area contributed by atoms with Gasteiger partial charge in [0.05, 0.1) is 5.75 Å². The third-order valence-corrected chi connectivity index (χ3v) is 6.52. The third-order valence-electron chi connectivity index (χ3n) is 4.45. The van der Waals surface area contributed by atoms with E-state index in [1.807, 2.05) is 13.0 Å². The summed E-state index contributed by atoms with van der Waals surface area (Å²) in [7, 11) is -3.03. The van der Waals surface area contributed by atoms with E-state index < -0.39 is 10.0 Å². The van der Waals surface area contributed by atoms with Crippen molar-refractivity contribution in [2.75, 3.05) is 31.9 Å². The highest BCUT2D eigenvalue weighted by Crippen LogP contribution is 2.15. The van der Waals surface area contributed by atoms with Crippen LogP contribution in [0.1, 0.15) is 32.3 Å². The average Bonchev–Trinajstić information content (AvgIpc) is 2.54. The van der Waals surface area contributed by atoms with Crippen LogP contribution in [0.2, 0.25) is 0 Å². The highest BCUT2D eigenvalue weighted by Gasteiger charge is 2.27. The molecule has 0 N–H and O–H groups in total. The molecule has 5 heteroatoms. The zero-order valence-corrected chi connectivity index (χ0v) is 14.6. The molecule has 1 aromatic carbocycles. The van der Waals surface area contributed by atoms with Crippen LogP contribution in [-0.2, 0) is 16.4 Å². The Morgan fingerprint density at radius 3 is 2.32 bits per heavy atom. The van der Waals surface area contributed by atoms with Crippen molar-refractivity contribution in [1.29, 1.82) is 0 Å². The first-order valence-corrected chi connectivity index (χ1v) is 9.89. The predicted octanol–water partition coefficient (Wildman–Crippen LogP) is 2.37. The molecule has 0 unspecified atom stereocenters. The maximum atomic E-state index is 12.1. The molecule has 22 heavy (non-hydrogen) atoms. The van der Waals surface area contributed by atoms with E-state index in [1.165, 1.54) is 5.56 Å². The Bertz CT molecular complexity index is 537. The van der Waals surface area contributed by atoms with Gasteiger partial charge in [0.1, 0.15) is 0 Å². The molecule has 1 aliphatic rings. The number of piperazine rings is 1. The summed E-state index contributed by atoms with van der Waals surface area (Å²) in [6, 6.07) is 11.0. The lowest BCUT2D eigenvalue weighted by Gasteiger charge is -2.37. The first-order valence-electron chi connectivity index (χ1n) is 8.28. The molecule has 0 spiro atoms. The molecule has 124 valence electrons. The Morgan fingerprint density at radius 2 is 1.73 bits per heavy atom. The molecule has 1 atom stereocenters. The summed E-state index contributed by atoms with van der Waals surface area (Å²) in [6.07, 6.45) is 2.89. The number of benzene rings is 1. The largest absolute Gasteiger partial charge is 0.298 e. The van der Waals surface area contributed by atoms with Crippen LogP contribution in [-0.4, -0.2) is 55.6 Å². The molecule has 1 saturated heterocycles. The van der Waals surface area contributed by atoms with Crippen molar-refractivity contribution in [2.24, 2.45) is 0 Å². The highest BCUT2D eigenvalue weighted by atomic mass is 32.2. The Hall–Kier alpha value is -0.910. The molecule has 0 amide bonds. The number of hydrogen-bond acceptors (Lipinski definition) is 3. The van der Waals surface area contributed by atoms with E-state index in [2.05, 4.69) is 36.1 Å². The molecule has 0 bridgehead atoms. The molecule has 1 heterocycles. The standard InChI is InChI=1S/C17H28N2O2S/c1-3-15-22(20,21)19-13-11-18(12-14-19)16(2)9-10-17-7-5-4-6-8-17/h4-8,16H,3,9-15H2,1-2H3/t16-/m1/s1. The van der Waals surface area contributed by atoms with Crippen LogP contribution in [0.3, 0.4) is 0 Å². The molecule has 2 rings (SSSR count). The van der Waals surface area contributed by atoms with Crippen molar-refractivity contribution in [3.05, 3.63) is 35.9 Å². The van der Waals surface area contributed by atoms with Crippen molar-refractivity contribution < 1.29 is 8.42 Å². The van der Waals surface area contributed by atoms with Crippen molar-refractivity contribution in [2.45, 2.75) is 39.2 Å². The van der Waals surface area contributed by atoms with Crippen LogP contribution >= 0.6 is 0 Å². The summed E-state index contributed by atoms with van der Waals surface area (Å²) in [4.78, 5) is 2.42. The molecule has 0 aromatic heterocycles. The fourth-order valence-corrected chi connectivity index (χ4v) is 4.51. The van der Waals surface area contributed by atoms with Crippen molar-refractivity contribution in [3.8, 4) is 0 Å². The summed E-state index contributed by atoms with van der Waals surface area (Å²) < 4.78 is 25.8. The van der Waals surface area contributed by atoms with E-state index in [-0.39, 0.29) is 5.75 Å². The number of aryl methyl sites for hydroxylation is 1. The van der Waals surface area contributed by atoms with E-state index in [0.29, 0.717) is 25.6 Å². The monoisotopic (exact) mass is 324 g/mol. The minimum atomic E-state index is -3.03. The molecular weight excluding hydrogens is 296 g/mol. The molecular formula is C17H28N2O2S. The van der Waals surface area contributed by atoms with Crippen molar-refractivity contribution in [1.82, 2.24) is 9.21 Å². The van der Waals surface area contributed by atoms with Crippen LogP contribution in [0, 0.1) is 0 Å². The number of nitrogens with zero attached hydrogens (tertiary/aromatic N) is 2. The second-order valence-electron chi connectivity index (χ2n) is 6.12. The minimum Gasteiger partial charge on any atom is -0.298 e. The fourth-order valence-electron chi connectivity index (χ4n) is 3.01. The maximum Gasteiger partial charge on any atom is 0.214 e. The van der Waals surface area contributed by atoms with Crippen LogP contribution in [0.25, 0.3) is 0 Å². The lowest BCUT2D eigenvalue weighted by atomic mass is 10.0. The Kier molecular flexibility index (Phi) is 6.41. The van der Waals surface area contributed by atoms with Crippen LogP contribution in [0.5, 0.6) is 0 Å². The van der Waals surface area contributed by atoms with Gasteiger partial charge < -0.3 is 0 Å². The van der Waals surface area contributed by atoms with Gasteiger partial charge in [0.2, 0.25) is 10.0 Å². The highest BCUT2D eigenvalue weighted by molar-refractivity contribution is 7.89. The summed E-state index contributed by atoms with van der Waals surface area (Å²) >= 11 is 0. The van der Waals surface area contributed by atoms with Gasteiger partial charge in [0, 0.05) is 32.2 Å². The third kappa shape index (κ3) is 4.80. The maximum absolute atomic E-state index is 12.1. The number of hydrogen-bond donors (Lipinski definition) is 0. The molecule has 0 saturated carbocycles. The Morgan fingerprint density at radius 1 is 1.09 bits per heavy atom.